The number of fused-ring (bicyclic) bond motifs is 3. The number of thioether (sulfide) groups is 1. The molecule has 2 aromatic carbocycles. The first-order chi connectivity index (χ1) is 14.0. The van der Waals surface area contributed by atoms with Gasteiger partial charge in [0, 0.05) is 16.9 Å². The zero-order valence-electron chi connectivity index (χ0n) is 16.4. The van der Waals surface area contributed by atoms with Gasteiger partial charge >= 0.3 is 0 Å². The van der Waals surface area contributed by atoms with Crippen LogP contribution in [0.1, 0.15) is 34.0 Å². The summed E-state index contributed by atoms with van der Waals surface area (Å²) in [5.41, 5.74) is 5.57. The lowest BCUT2D eigenvalue weighted by Gasteiger charge is -2.12. The van der Waals surface area contributed by atoms with Crippen LogP contribution in [0.15, 0.2) is 53.6 Å². The first kappa shape index (κ1) is 19.0. The van der Waals surface area contributed by atoms with Gasteiger partial charge in [0.05, 0.1) is 28.7 Å². The molecule has 0 aliphatic rings. The SMILES string of the molecule is COc1ccc(C(C)=O)cc1CSc1cc(C)c(C#N)c2nc3ccccc3n12. The average molecular weight is 401 g/mol. The molecule has 0 bridgehead atoms. The Balaban J connectivity index is 1.83. The van der Waals surface area contributed by atoms with E-state index in [-0.39, 0.29) is 5.78 Å². The smallest absolute Gasteiger partial charge is 0.159 e. The number of imidazole rings is 1. The number of nitrogens with zero attached hydrogens (tertiary/aromatic N) is 3. The van der Waals surface area contributed by atoms with Crippen LogP contribution in [-0.2, 0) is 5.75 Å². The monoisotopic (exact) mass is 401 g/mol. The predicted octanol–water partition coefficient (Wildman–Crippen LogP) is 5.17. The van der Waals surface area contributed by atoms with Gasteiger partial charge in [0.25, 0.3) is 0 Å². The summed E-state index contributed by atoms with van der Waals surface area (Å²) in [5, 5.41) is 10.6. The van der Waals surface area contributed by atoms with Crippen LogP contribution in [0.4, 0.5) is 0 Å². The van der Waals surface area contributed by atoms with Gasteiger partial charge in [-0.25, -0.2) is 4.98 Å². The Morgan fingerprint density at radius 3 is 2.76 bits per heavy atom. The van der Waals surface area contributed by atoms with Crippen molar-refractivity contribution in [3.63, 3.8) is 0 Å². The zero-order valence-corrected chi connectivity index (χ0v) is 17.2. The van der Waals surface area contributed by atoms with Gasteiger partial charge in [-0.3, -0.25) is 9.20 Å². The summed E-state index contributed by atoms with van der Waals surface area (Å²) in [6.45, 7) is 3.49. The van der Waals surface area contributed by atoms with Crippen molar-refractivity contribution in [2.75, 3.05) is 7.11 Å². The van der Waals surface area contributed by atoms with Crippen LogP contribution in [0.5, 0.6) is 5.75 Å². The highest BCUT2D eigenvalue weighted by molar-refractivity contribution is 7.98. The van der Waals surface area contributed by atoms with Gasteiger partial charge in [-0.2, -0.15) is 5.26 Å². The number of aryl methyl sites for hydroxylation is 1. The lowest BCUT2D eigenvalue weighted by Crippen LogP contribution is -1.99. The molecule has 0 spiro atoms. The third-order valence-corrected chi connectivity index (χ3v) is 5.96. The van der Waals surface area contributed by atoms with Crippen molar-refractivity contribution in [3.8, 4) is 11.8 Å². The van der Waals surface area contributed by atoms with E-state index in [0.29, 0.717) is 22.5 Å². The van der Waals surface area contributed by atoms with Gasteiger partial charge in [-0.05, 0) is 55.8 Å². The number of pyridine rings is 1. The maximum atomic E-state index is 11.8. The summed E-state index contributed by atoms with van der Waals surface area (Å²) in [7, 11) is 1.63. The molecule has 0 aliphatic heterocycles. The highest BCUT2D eigenvalue weighted by Gasteiger charge is 2.16. The number of carbonyl (C=O) groups is 1. The van der Waals surface area contributed by atoms with Crippen LogP contribution in [0.3, 0.4) is 0 Å². The van der Waals surface area contributed by atoms with Crippen molar-refractivity contribution < 1.29 is 9.53 Å². The molecule has 29 heavy (non-hydrogen) atoms. The largest absolute Gasteiger partial charge is 0.496 e. The third kappa shape index (κ3) is 3.34. The lowest BCUT2D eigenvalue weighted by molar-refractivity contribution is 0.101. The minimum absolute atomic E-state index is 0.0242. The fourth-order valence-electron chi connectivity index (χ4n) is 3.42. The van der Waals surface area contributed by atoms with Crippen molar-refractivity contribution in [1.82, 2.24) is 9.38 Å². The normalized spacial score (nSPS) is 11.0. The summed E-state index contributed by atoms with van der Waals surface area (Å²) < 4.78 is 7.52. The van der Waals surface area contributed by atoms with Gasteiger partial charge in [0.15, 0.2) is 11.4 Å². The van der Waals surface area contributed by atoms with Gasteiger partial charge in [-0.15, -0.1) is 11.8 Å². The minimum atomic E-state index is 0.0242. The Kier molecular flexibility index (Phi) is 4.99. The number of hydrogen-bond acceptors (Lipinski definition) is 5. The summed E-state index contributed by atoms with van der Waals surface area (Å²) >= 11 is 1.63. The number of hydrogen-bond donors (Lipinski definition) is 0. The van der Waals surface area contributed by atoms with Crippen molar-refractivity contribution in [3.05, 3.63) is 70.8 Å². The van der Waals surface area contributed by atoms with Crippen molar-refractivity contribution in [1.29, 1.82) is 5.26 Å². The van der Waals surface area contributed by atoms with E-state index in [1.165, 1.54) is 0 Å². The number of ether oxygens (including phenoxy) is 1. The number of rotatable bonds is 5. The molecule has 0 saturated heterocycles. The molecule has 0 unspecified atom stereocenters. The van der Waals surface area contributed by atoms with Crippen LogP contribution in [-0.4, -0.2) is 22.3 Å². The molecule has 5 nitrogen and oxygen atoms in total. The Labute approximate surface area is 172 Å². The van der Waals surface area contributed by atoms with Crippen molar-refractivity contribution in [2.45, 2.75) is 24.6 Å². The standard InChI is InChI=1S/C23H19N3O2S/c1-14-10-22(29-13-17-11-16(15(2)27)8-9-21(17)28-3)26-20-7-5-4-6-19(20)25-23(26)18(14)12-24/h4-11H,13H2,1-3H3. The van der Waals surface area contributed by atoms with E-state index in [9.17, 15) is 10.1 Å². The van der Waals surface area contributed by atoms with Crippen LogP contribution in [0, 0.1) is 18.3 Å². The molecule has 2 aromatic heterocycles. The van der Waals surface area contributed by atoms with Crippen molar-refractivity contribution in [2.24, 2.45) is 0 Å². The highest BCUT2D eigenvalue weighted by atomic mass is 32.2. The van der Waals surface area contributed by atoms with Gasteiger partial charge < -0.3 is 4.74 Å². The number of ketones is 1. The first-order valence-electron chi connectivity index (χ1n) is 9.15. The number of para-hydroxylation sites is 2. The van der Waals surface area contributed by atoms with Crippen LogP contribution in [0.25, 0.3) is 16.7 Å². The highest BCUT2D eigenvalue weighted by Crippen LogP contribution is 2.33. The summed E-state index contributed by atoms with van der Waals surface area (Å²) in [6.07, 6.45) is 0. The van der Waals surface area contributed by atoms with Crippen LogP contribution >= 0.6 is 11.8 Å². The molecular formula is C23H19N3O2S. The van der Waals surface area contributed by atoms with E-state index in [0.717, 1.165) is 32.9 Å². The van der Waals surface area contributed by atoms with Gasteiger partial charge in [-0.1, -0.05) is 12.1 Å². The minimum Gasteiger partial charge on any atom is -0.496 e. The van der Waals surface area contributed by atoms with E-state index in [1.807, 2.05) is 53.8 Å². The maximum absolute atomic E-state index is 11.8. The van der Waals surface area contributed by atoms with Crippen LogP contribution in [0.2, 0.25) is 0 Å². The molecular weight excluding hydrogens is 382 g/mol. The zero-order chi connectivity index (χ0) is 20.5. The van der Waals surface area contributed by atoms with E-state index < -0.39 is 0 Å². The second kappa shape index (κ2) is 7.61. The van der Waals surface area contributed by atoms with E-state index in [1.54, 1.807) is 31.9 Å². The number of nitriles is 1. The first-order valence-corrected chi connectivity index (χ1v) is 10.1. The molecule has 0 amide bonds. The maximum Gasteiger partial charge on any atom is 0.159 e. The van der Waals surface area contributed by atoms with Gasteiger partial charge in [0.2, 0.25) is 0 Å². The molecule has 0 radical (unpaired) electrons. The van der Waals surface area contributed by atoms with E-state index >= 15 is 0 Å². The number of benzene rings is 2. The fraction of sp³-hybridized carbons (Fsp3) is 0.174. The number of aromatic nitrogens is 2. The second-order valence-corrected chi connectivity index (χ2v) is 7.78. The third-order valence-electron chi connectivity index (χ3n) is 4.91. The summed E-state index contributed by atoms with van der Waals surface area (Å²) in [4.78, 5) is 16.5. The molecule has 2 heterocycles. The molecule has 0 atom stereocenters. The molecule has 0 fully saturated rings. The Morgan fingerprint density at radius 1 is 1.24 bits per heavy atom. The molecule has 144 valence electrons. The number of carbonyl (C=O) groups excluding carboxylic acids is 1. The quantitative estimate of drug-likeness (QED) is 0.341. The lowest BCUT2D eigenvalue weighted by atomic mass is 10.1. The van der Waals surface area contributed by atoms with Crippen molar-refractivity contribution >= 4 is 34.2 Å². The fourth-order valence-corrected chi connectivity index (χ4v) is 4.52. The molecule has 0 N–H and O–H groups in total. The van der Waals surface area contributed by atoms with E-state index in [2.05, 4.69) is 6.07 Å². The predicted molar refractivity (Wildman–Crippen MR) is 115 cm³/mol. The summed E-state index contributed by atoms with van der Waals surface area (Å²) in [5.74, 6) is 1.40. The molecule has 6 heteroatoms. The summed E-state index contributed by atoms with van der Waals surface area (Å²) in [6, 6.07) is 17.7. The molecule has 0 saturated carbocycles. The molecule has 4 rings (SSSR count). The Hall–Kier alpha value is -3.30. The van der Waals surface area contributed by atoms with Crippen LogP contribution < -0.4 is 4.74 Å². The Morgan fingerprint density at radius 2 is 2.03 bits per heavy atom. The number of Topliss-reactive ketones (excluding diaryl/α,β-unsaturated/α-hetero) is 1. The molecule has 4 aromatic rings. The van der Waals surface area contributed by atoms with Gasteiger partial charge in [0.1, 0.15) is 11.8 Å². The average Bonchev–Trinajstić information content (AvgIpc) is 3.11. The Bertz CT molecular complexity index is 1300. The number of methoxy groups -OCH3 is 1. The second-order valence-electron chi connectivity index (χ2n) is 6.78. The van der Waals surface area contributed by atoms with E-state index in [4.69, 9.17) is 9.72 Å². The topological polar surface area (TPSA) is 67.4 Å². The molecule has 0 aliphatic carbocycles.